The minimum Gasteiger partial charge on any atom is -0.394 e. The Morgan fingerprint density at radius 1 is 0.885 bits per heavy atom. The van der Waals surface area contributed by atoms with Gasteiger partial charge in [-0.05, 0) is 39.5 Å². The summed E-state index contributed by atoms with van der Waals surface area (Å²) in [4.78, 5) is 0. The summed E-state index contributed by atoms with van der Waals surface area (Å²) in [6.45, 7) is 12.9. The number of nitrogens with two attached hydrogens (primary N) is 1. The smallest absolute Gasteiger partial charge is 0.0989 e. The third-order valence-electron chi connectivity index (χ3n) is 6.48. The van der Waals surface area contributed by atoms with Crippen molar-refractivity contribution in [2.24, 2.45) is 11.7 Å². The third kappa shape index (κ3) is 5.88. The number of hydrogen-bond donors (Lipinski definition) is 3. The Labute approximate surface area is 159 Å². The molecule has 5 atom stereocenters. The molecule has 6 heteroatoms. The number of aliphatic hydroxyl groups is 2. The van der Waals surface area contributed by atoms with Gasteiger partial charge in [-0.2, -0.15) is 0 Å². The molecule has 0 amide bonds. The summed E-state index contributed by atoms with van der Waals surface area (Å²) in [5.74, 6) is -0.354. The van der Waals surface area contributed by atoms with Gasteiger partial charge < -0.3 is 30.2 Å². The molecule has 5 unspecified atom stereocenters. The summed E-state index contributed by atoms with van der Waals surface area (Å²) in [6, 6.07) is -0.570. The highest BCUT2D eigenvalue weighted by molar-refractivity contribution is 4.95. The van der Waals surface area contributed by atoms with Gasteiger partial charge in [-0.3, -0.25) is 0 Å². The normalized spacial score (nSPS) is 30.6. The molecule has 0 radical (unpaired) electrons. The second-order valence-electron chi connectivity index (χ2n) is 8.06. The van der Waals surface area contributed by atoms with Crippen LogP contribution in [-0.2, 0) is 14.2 Å². The molecule has 4 N–H and O–H groups in total. The summed E-state index contributed by atoms with van der Waals surface area (Å²) in [5, 5.41) is 20.5. The molecular weight excluding hydrogens is 334 g/mol. The zero-order chi connectivity index (χ0) is 20.0. The first kappa shape index (κ1) is 23.8. The largest absolute Gasteiger partial charge is 0.394 e. The Kier molecular flexibility index (Phi) is 9.47. The molecule has 1 rings (SSSR count). The molecule has 0 aliphatic carbocycles. The zero-order valence-electron chi connectivity index (χ0n) is 17.5. The molecular formula is C20H41NO5. The maximum absolute atomic E-state index is 10.7. The van der Waals surface area contributed by atoms with Crippen LogP contribution in [-0.4, -0.2) is 65.6 Å². The van der Waals surface area contributed by atoms with Gasteiger partial charge >= 0.3 is 0 Å². The molecule has 1 saturated heterocycles. The van der Waals surface area contributed by atoms with Crippen LogP contribution in [0.2, 0.25) is 0 Å². The number of aliphatic hydroxyl groups excluding tert-OH is 2. The van der Waals surface area contributed by atoms with E-state index in [1.165, 1.54) is 0 Å². The van der Waals surface area contributed by atoms with Crippen LogP contribution in [0.3, 0.4) is 0 Å². The van der Waals surface area contributed by atoms with E-state index in [1.807, 2.05) is 0 Å². The minimum atomic E-state index is -0.804. The predicted molar refractivity (Wildman–Crippen MR) is 103 cm³/mol. The maximum Gasteiger partial charge on any atom is 0.0989 e. The average Bonchev–Trinajstić information content (AvgIpc) is 2.67. The van der Waals surface area contributed by atoms with E-state index < -0.39 is 24.4 Å². The first-order chi connectivity index (χ1) is 12.2. The van der Waals surface area contributed by atoms with Crippen molar-refractivity contribution in [1.82, 2.24) is 0 Å². The fourth-order valence-electron chi connectivity index (χ4n) is 3.17. The highest BCUT2D eigenvalue weighted by Gasteiger charge is 2.44. The summed E-state index contributed by atoms with van der Waals surface area (Å²) < 4.78 is 18.1. The Morgan fingerprint density at radius 3 is 1.77 bits per heavy atom. The monoisotopic (exact) mass is 375 g/mol. The van der Waals surface area contributed by atoms with Crippen LogP contribution in [0.5, 0.6) is 0 Å². The van der Waals surface area contributed by atoms with Crippen LogP contribution >= 0.6 is 0 Å². The predicted octanol–water partition coefficient (Wildman–Crippen LogP) is 2.24. The quantitative estimate of drug-likeness (QED) is 0.513. The van der Waals surface area contributed by atoms with Gasteiger partial charge in [0.1, 0.15) is 0 Å². The maximum atomic E-state index is 10.7. The van der Waals surface area contributed by atoms with E-state index in [0.29, 0.717) is 13.2 Å². The van der Waals surface area contributed by atoms with Crippen LogP contribution in [0, 0.1) is 5.92 Å². The van der Waals surface area contributed by atoms with Crippen molar-refractivity contribution in [3.05, 3.63) is 0 Å². The summed E-state index contributed by atoms with van der Waals surface area (Å²) >= 11 is 0. The van der Waals surface area contributed by atoms with Crippen molar-refractivity contribution in [1.29, 1.82) is 0 Å². The standard InChI is InChI=1S/C20H41NO5/c1-7-19(5,8-2)24-12-14-15(11-22)26-16(17(21)18(14)23)13-25-20(6,9-3)10-4/h14-18,22-23H,7-13,21H2,1-6H3. The fraction of sp³-hybridized carbons (Fsp3) is 1.00. The second-order valence-corrected chi connectivity index (χ2v) is 8.06. The van der Waals surface area contributed by atoms with Gasteiger partial charge in [0.2, 0.25) is 0 Å². The van der Waals surface area contributed by atoms with Gasteiger partial charge in [0.25, 0.3) is 0 Å². The molecule has 26 heavy (non-hydrogen) atoms. The van der Waals surface area contributed by atoms with E-state index >= 15 is 0 Å². The van der Waals surface area contributed by atoms with Gasteiger partial charge in [-0.25, -0.2) is 0 Å². The van der Waals surface area contributed by atoms with Gasteiger partial charge in [0.05, 0.1) is 55.4 Å². The van der Waals surface area contributed by atoms with E-state index in [2.05, 4.69) is 41.5 Å². The van der Waals surface area contributed by atoms with E-state index in [1.54, 1.807) is 0 Å². The third-order valence-corrected chi connectivity index (χ3v) is 6.48. The van der Waals surface area contributed by atoms with Crippen LogP contribution in [0.4, 0.5) is 0 Å². The molecule has 156 valence electrons. The molecule has 0 spiro atoms. The van der Waals surface area contributed by atoms with Crippen molar-refractivity contribution in [3.8, 4) is 0 Å². The second kappa shape index (κ2) is 10.3. The molecule has 0 aromatic carbocycles. The van der Waals surface area contributed by atoms with E-state index in [4.69, 9.17) is 19.9 Å². The first-order valence-electron chi connectivity index (χ1n) is 10.2. The fourth-order valence-corrected chi connectivity index (χ4v) is 3.17. The lowest BCUT2D eigenvalue weighted by atomic mass is 9.86. The van der Waals surface area contributed by atoms with Crippen molar-refractivity contribution < 1.29 is 24.4 Å². The Bertz CT molecular complexity index is 396. The van der Waals surface area contributed by atoms with Crippen molar-refractivity contribution in [2.45, 2.75) is 103 Å². The Morgan fingerprint density at radius 2 is 1.35 bits per heavy atom. The molecule has 0 bridgehead atoms. The zero-order valence-corrected chi connectivity index (χ0v) is 17.5. The molecule has 1 heterocycles. The molecule has 1 fully saturated rings. The van der Waals surface area contributed by atoms with Gasteiger partial charge in [-0.1, -0.05) is 27.7 Å². The van der Waals surface area contributed by atoms with Crippen LogP contribution in [0.1, 0.15) is 67.2 Å². The topological polar surface area (TPSA) is 94.2 Å². The molecule has 1 aliphatic rings. The summed E-state index contributed by atoms with van der Waals surface area (Å²) in [5.41, 5.74) is 5.78. The van der Waals surface area contributed by atoms with Gasteiger partial charge in [0.15, 0.2) is 0 Å². The lowest BCUT2D eigenvalue weighted by Gasteiger charge is -2.44. The molecule has 0 aromatic rings. The van der Waals surface area contributed by atoms with Crippen LogP contribution in [0.25, 0.3) is 0 Å². The molecule has 1 aliphatic heterocycles. The van der Waals surface area contributed by atoms with Gasteiger partial charge in [0, 0.05) is 5.92 Å². The van der Waals surface area contributed by atoms with Gasteiger partial charge in [-0.15, -0.1) is 0 Å². The lowest BCUT2D eigenvalue weighted by Crippen LogP contribution is -2.62. The van der Waals surface area contributed by atoms with Crippen molar-refractivity contribution >= 4 is 0 Å². The summed E-state index contributed by atoms with van der Waals surface area (Å²) in [7, 11) is 0. The molecule has 6 nitrogen and oxygen atoms in total. The average molecular weight is 376 g/mol. The molecule has 0 aromatic heterocycles. The SMILES string of the molecule is CCC(C)(CC)OCC1OC(CO)C(COC(C)(CC)CC)C(O)C1N. The number of ether oxygens (including phenoxy) is 3. The van der Waals surface area contributed by atoms with Crippen LogP contribution in [0.15, 0.2) is 0 Å². The number of hydrogen-bond acceptors (Lipinski definition) is 6. The Hall–Kier alpha value is -0.240. The highest BCUT2D eigenvalue weighted by Crippen LogP contribution is 2.30. The Balaban J connectivity index is 2.74. The molecule has 0 saturated carbocycles. The van der Waals surface area contributed by atoms with Crippen molar-refractivity contribution in [2.75, 3.05) is 19.8 Å². The van der Waals surface area contributed by atoms with E-state index in [9.17, 15) is 10.2 Å². The van der Waals surface area contributed by atoms with E-state index in [0.717, 1.165) is 25.7 Å². The first-order valence-corrected chi connectivity index (χ1v) is 10.2. The lowest BCUT2D eigenvalue weighted by molar-refractivity contribution is -0.207. The van der Waals surface area contributed by atoms with Crippen molar-refractivity contribution in [3.63, 3.8) is 0 Å². The minimum absolute atomic E-state index is 0.178. The highest BCUT2D eigenvalue weighted by atomic mass is 16.6. The summed E-state index contributed by atoms with van der Waals surface area (Å²) in [6.07, 6.45) is 1.78. The number of rotatable bonds is 11. The van der Waals surface area contributed by atoms with Crippen LogP contribution < -0.4 is 5.73 Å². The van der Waals surface area contributed by atoms with E-state index in [-0.39, 0.29) is 23.7 Å².